The first-order valence-electron chi connectivity index (χ1n) is 12.2. The van der Waals surface area contributed by atoms with Crippen LogP contribution in [0.1, 0.15) is 41.0 Å². The summed E-state index contributed by atoms with van der Waals surface area (Å²) in [6, 6.07) is 33.7. The van der Waals surface area contributed by atoms with Gasteiger partial charge in [0.2, 0.25) is 12.1 Å². The van der Waals surface area contributed by atoms with Gasteiger partial charge in [0, 0.05) is 17.3 Å². The Bertz CT molecular complexity index is 1550. The number of nitrogens with zero attached hydrogens (tertiary/aromatic N) is 3. The standard InChI is InChI=1S/C30H25N5O/c1-35-27(20-10-3-2-4-11-20)22-17-16-19-9-5-6-12-21(19)26(22)34-28(35)23-13-7-14-25(32-23)30-33-24-15-8-18-31-29(24)36-30/h2-18,27-28,30,33-34H,1H3. The van der Waals surface area contributed by atoms with E-state index < -0.39 is 0 Å². The van der Waals surface area contributed by atoms with Crippen LogP contribution in [0.4, 0.5) is 11.4 Å². The number of hydrogen-bond donors (Lipinski definition) is 2. The molecule has 3 atom stereocenters. The first-order valence-corrected chi connectivity index (χ1v) is 12.2. The second-order valence-electron chi connectivity index (χ2n) is 9.26. The van der Waals surface area contributed by atoms with Gasteiger partial charge in [0.1, 0.15) is 17.5 Å². The maximum Gasteiger partial charge on any atom is 0.239 e. The molecular formula is C30H25N5O. The molecule has 2 aliphatic rings. The minimum Gasteiger partial charge on any atom is -0.446 e. The lowest BCUT2D eigenvalue weighted by molar-refractivity contribution is 0.204. The molecule has 7 rings (SSSR count). The SMILES string of the molecule is CN1C(c2cccc(C3Nc4cccnc4O3)n2)Nc2c(ccc3ccccc23)C1c1ccccc1. The zero-order chi connectivity index (χ0) is 24.1. The third kappa shape index (κ3) is 3.38. The van der Waals surface area contributed by atoms with E-state index in [2.05, 4.69) is 100 Å². The molecule has 0 aliphatic carbocycles. The average molecular weight is 472 g/mol. The van der Waals surface area contributed by atoms with Crippen LogP contribution in [0.5, 0.6) is 5.88 Å². The lowest BCUT2D eigenvalue weighted by Crippen LogP contribution is -2.39. The number of benzene rings is 3. The number of nitrogens with one attached hydrogen (secondary N) is 2. The third-order valence-electron chi connectivity index (χ3n) is 7.09. The zero-order valence-electron chi connectivity index (χ0n) is 19.8. The summed E-state index contributed by atoms with van der Waals surface area (Å²) in [7, 11) is 2.16. The van der Waals surface area contributed by atoms with Crippen molar-refractivity contribution in [2.24, 2.45) is 0 Å². The topological polar surface area (TPSA) is 62.3 Å². The minimum absolute atomic E-state index is 0.0804. The summed E-state index contributed by atoms with van der Waals surface area (Å²) in [5.74, 6) is 0.604. The highest BCUT2D eigenvalue weighted by Gasteiger charge is 2.35. The fraction of sp³-hybridized carbons (Fsp3) is 0.133. The van der Waals surface area contributed by atoms with E-state index in [1.165, 1.54) is 21.9 Å². The highest BCUT2D eigenvalue weighted by atomic mass is 16.5. The Balaban J connectivity index is 1.32. The number of anilines is 2. The first-order chi connectivity index (χ1) is 17.8. The Morgan fingerprint density at radius 2 is 1.61 bits per heavy atom. The Morgan fingerprint density at radius 3 is 2.50 bits per heavy atom. The molecule has 0 radical (unpaired) electrons. The van der Waals surface area contributed by atoms with Crippen molar-refractivity contribution in [3.05, 3.63) is 126 Å². The number of fused-ring (bicyclic) bond motifs is 4. The zero-order valence-corrected chi connectivity index (χ0v) is 19.8. The minimum atomic E-state index is -0.373. The average Bonchev–Trinajstić information content (AvgIpc) is 3.38. The molecule has 0 amide bonds. The molecule has 0 saturated heterocycles. The van der Waals surface area contributed by atoms with Gasteiger partial charge >= 0.3 is 0 Å². The molecule has 3 aromatic carbocycles. The van der Waals surface area contributed by atoms with Crippen LogP contribution in [-0.2, 0) is 0 Å². The Hall–Kier alpha value is -4.42. The monoisotopic (exact) mass is 471 g/mol. The van der Waals surface area contributed by atoms with E-state index in [0.29, 0.717) is 5.88 Å². The van der Waals surface area contributed by atoms with Crippen LogP contribution in [0.3, 0.4) is 0 Å². The van der Waals surface area contributed by atoms with Gasteiger partial charge in [-0.05, 0) is 47.8 Å². The van der Waals surface area contributed by atoms with E-state index in [-0.39, 0.29) is 18.4 Å². The Labute approximate surface area is 209 Å². The van der Waals surface area contributed by atoms with Gasteiger partial charge in [0.05, 0.1) is 11.7 Å². The smallest absolute Gasteiger partial charge is 0.239 e. The Kier molecular flexibility index (Phi) is 4.85. The van der Waals surface area contributed by atoms with Gasteiger partial charge in [0.15, 0.2) is 0 Å². The third-order valence-corrected chi connectivity index (χ3v) is 7.09. The van der Waals surface area contributed by atoms with Gasteiger partial charge in [-0.1, -0.05) is 72.8 Å². The summed E-state index contributed by atoms with van der Waals surface area (Å²) in [5, 5.41) is 9.65. The second kappa shape index (κ2) is 8.36. The predicted octanol–water partition coefficient (Wildman–Crippen LogP) is 6.28. The maximum absolute atomic E-state index is 6.05. The van der Waals surface area contributed by atoms with E-state index in [9.17, 15) is 0 Å². The fourth-order valence-corrected chi connectivity index (χ4v) is 5.40. The lowest BCUT2D eigenvalue weighted by Gasteiger charge is -2.42. The molecule has 4 heterocycles. The molecule has 36 heavy (non-hydrogen) atoms. The summed E-state index contributed by atoms with van der Waals surface area (Å²) < 4.78 is 6.05. The summed E-state index contributed by atoms with van der Waals surface area (Å²) in [4.78, 5) is 11.8. The van der Waals surface area contributed by atoms with Crippen LogP contribution >= 0.6 is 0 Å². The van der Waals surface area contributed by atoms with Gasteiger partial charge in [0.25, 0.3) is 0 Å². The van der Waals surface area contributed by atoms with Gasteiger partial charge in [-0.25, -0.2) is 9.97 Å². The highest BCUT2D eigenvalue weighted by Crippen LogP contribution is 2.45. The van der Waals surface area contributed by atoms with Gasteiger partial charge in [-0.15, -0.1) is 0 Å². The summed E-state index contributed by atoms with van der Waals surface area (Å²) in [6.45, 7) is 0. The number of aromatic nitrogens is 2. The van der Waals surface area contributed by atoms with Gasteiger partial charge in [-0.3, -0.25) is 4.90 Å². The van der Waals surface area contributed by atoms with Crippen LogP contribution in [-0.4, -0.2) is 21.9 Å². The fourth-order valence-electron chi connectivity index (χ4n) is 5.40. The van der Waals surface area contributed by atoms with Crippen molar-refractivity contribution < 1.29 is 4.74 Å². The van der Waals surface area contributed by atoms with Crippen molar-refractivity contribution in [1.29, 1.82) is 0 Å². The quantitative estimate of drug-likeness (QED) is 0.323. The molecule has 176 valence electrons. The van der Waals surface area contributed by atoms with E-state index in [4.69, 9.17) is 9.72 Å². The highest BCUT2D eigenvalue weighted by molar-refractivity contribution is 5.96. The van der Waals surface area contributed by atoms with Crippen molar-refractivity contribution in [1.82, 2.24) is 14.9 Å². The molecule has 5 aromatic rings. The molecule has 0 fully saturated rings. The molecule has 0 saturated carbocycles. The molecule has 6 heteroatoms. The molecule has 2 aliphatic heterocycles. The van der Waals surface area contributed by atoms with E-state index in [1.54, 1.807) is 6.20 Å². The summed E-state index contributed by atoms with van der Waals surface area (Å²) in [5.41, 5.74) is 6.30. The van der Waals surface area contributed by atoms with Crippen LogP contribution < -0.4 is 15.4 Å². The largest absolute Gasteiger partial charge is 0.446 e. The number of ether oxygens (including phenoxy) is 1. The Morgan fingerprint density at radius 1 is 0.778 bits per heavy atom. The summed E-state index contributed by atoms with van der Waals surface area (Å²) in [6.07, 6.45) is 1.23. The molecule has 0 spiro atoms. The normalized spacial score (nSPS) is 20.6. The van der Waals surface area contributed by atoms with Crippen LogP contribution in [0.15, 0.2) is 103 Å². The van der Waals surface area contributed by atoms with Gasteiger partial charge < -0.3 is 15.4 Å². The summed E-state index contributed by atoms with van der Waals surface area (Å²) >= 11 is 0. The molecule has 2 N–H and O–H groups in total. The predicted molar refractivity (Wildman–Crippen MR) is 142 cm³/mol. The van der Waals surface area contributed by atoms with E-state index >= 15 is 0 Å². The molecule has 3 unspecified atom stereocenters. The van der Waals surface area contributed by atoms with E-state index in [0.717, 1.165) is 22.8 Å². The van der Waals surface area contributed by atoms with Crippen LogP contribution in [0, 0.1) is 0 Å². The van der Waals surface area contributed by atoms with Crippen molar-refractivity contribution in [3.63, 3.8) is 0 Å². The van der Waals surface area contributed by atoms with Crippen molar-refractivity contribution in [2.75, 3.05) is 17.7 Å². The second-order valence-corrected chi connectivity index (χ2v) is 9.26. The lowest BCUT2D eigenvalue weighted by atomic mass is 9.90. The van der Waals surface area contributed by atoms with Crippen molar-refractivity contribution >= 4 is 22.1 Å². The number of pyridine rings is 2. The van der Waals surface area contributed by atoms with E-state index in [1.807, 2.05) is 24.3 Å². The molecule has 6 nitrogen and oxygen atoms in total. The molecule has 2 aromatic heterocycles. The van der Waals surface area contributed by atoms with Crippen LogP contribution in [0.25, 0.3) is 10.8 Å². The van der Waals surface area contributed by atoms with Crippen molar-refractivity contribution in [3.8, 4) is 5.88 Å². The molecular weight excluding hydrogens is 446 g/mol. The van der Waals surface area contributed by atoms with Crippen LogP contribution in [0.2, 0.25) is 0 Å². The van der Waals surface area contributed by atoms with Crippen molar-refractivity contribution in [2.45, 2.75) is 18.4 Å². The first kappa shape index (κ1) is 20.9. The number of hydrogen-bond acceptors (Lipinski definition) is 6. The maximum atomic E-state index is 6.05. The van der Waals surface area contributed by atoms with Gasteiger partial charge in [-0.2, -0.15) is 0 Å². The number of rotatable bonds is 3. The molecule has 0 bridgehead atoms.